The molecule has 1 atom stereocenters. The summed E-state index contributed by atoms with van der Waals surface area (Å²) in [5, 5.41) is 10.1. The molecule has 0 saturated heterocycles. The number of ether oxygens (including phenoxy) is 1. The van der Waals surface area contributed by atoms with Crippen molar-refractivity contribution in [2.75, 3.05) is 7.11 Å². The van der Waals surface area contributed by atoms with E-state index in [-0.39, 0.29) is 11.6 Å². The van der Waals surface area contributed by atoms with Crippen LogP contribution in [0.2, 0.25) is 0 Å². The average molecular weight is 234 g/mol. The zero-order valence-electron chi connectivity index (χ0n) is 9.17. The van der Waals surface area contributed by atoms with Gasteiger partial charge in [0.25, 0.3) is 0 Å². The average Bonchev–Trinajstić information content (AvgIpc) is 2.38. The second kappa shape index (κ2) is 4.88. The molecule has 0 aliphatic rings. The third kappa shape index (κ3) is 2.39. The minimum atomic E-state index is -1.06. The van der Waals surface area contributed by atoms with Gasteiger partial charge in [-0.15, -0.1) is 0 Å². The number of aromatic nitrogens is 2. The molecular formula is C12H11FN2O2. The molecule has 4 nitrogen and oxygen atoms in total. The van der Waals surface area contributed by atoms with Gasteiger partial charge in [-0.25, -0.2) is 9.37 Å². The van der Waals surface area contributed by atoms with Gasteiger partial charge in [0.1, 0.15) is 17.6 Å². The van der Waals surface area contributed by atoms with Crippen LogP contribution in [0.25, 0.3) is 0 Å². The van der Waals surface area contributed by atoms with E-state index >= 15 is 0 Å². The number of nitrogens with zero attached hydrogens (tertiary/aromatic N) is 2. The Kier molecular flexibility index (Phi) is 3.30. The van der Waals surface area contributed by atoms with E-state index in [1.807, 2.05) is 0 Å². The van der Waals surface area contributed by atoms with Gasteiger partial charge < -0.3 is 9.84 Å². The third-order valence-corrected chi connectivity index (χ3v) is 2.31. The van der Waals surface area contributed by atoms with Crippen LogP contribution in [-0.2, 0) is 0 Å². The second-order valence-corrected chi connectivity index (χ2v) is 3.41. The monoisotopic (exact) mass is 234 g/mol. The van der Waals surface area contributed by atoms with Crippen molar-refractivity contribution >= 4 is 0 Å². The number of aliphatic hydroxyl groups is 1. The Hall–Kier alpha value is -2.01. The molecule has 0 bridgehead atoms. The van der Waals surface area contributed by atoms with E-state index in [2.05, 4.69) is 9.97 Å². The largest absolute Gasteiger partial charge is 0.480 e. The molecular weight excluding hydrogens is 223 g/mol. The fourth-order valence-corrected chi connectivity index (χ4v) is 1.52. The van der Waals surface area contributed by atoms with E-state index in [1.54, 1.807) is 6.07 Å². The highest BCUT2D eigenvalue weighted by molar-refractivity contribution is 5.30. The number of aliphatic hydroxyl groups excluding tert-OH is 1. The maximum Gasteiger partial charge on any atom is 0.238 e. The van der Waals surface area contributed by atoms with Crippen molar-refractivity contribution in [3.8, 4) is 5.88 Å². The van der Waals surface area contributed by atoms with Gasteiger partial charge in [-0.1, -0.05) is 12.1 Å². The van der Waals surface area contributed by atoms with Crippen LogP contribution in [0.5, 0.6) is 5.88 Å². The quantitative estimate of drug-likeness (QED) is 0.878. The lowest BCUT2D eigenvalue weighted by atomic mass is 10.1. The zero-order valence-corrected chi connectivity index (χ0v) is 9.17. The van der Waals surface area contributed by atoms with Crippen LogP contribution in [0.3, 0.4) is 0 Å². The van der Waals surface area contributed by atoms with Crippen LogP contribution in [0.1, 0.15) is 17.4 Å². The standard InChI is InChI=1S/C12H11FN2O2/c1-17-12-10(14-5-6-15-12)11(16)8-3-2-4-9(13)7-8/h2-7,11,16H,1H3. The summed E-state index contributed by atoms with van der Waals surface area (Å²) >= 11 is 0. The molecule has 1 N–H and O–H groups in total. The molecule has 0 amide bonds. The number of halogens is 1. The normalized spacial score (nSPS) is 12.2. The van der Waals surface area contributed by atoms with Crippen molar-refractivity contribution in [3.63, 3.8) is 0 Å². The molecule has 17 heavy (non-hydrogen) atoms. The minimum Gasteiger partial charge on any atom is -0.480 e. The highest BCUT2D eigenvalue weighted by atomic mass is 19.1. The van der Waals surface area contributed by atoms with Crippen molar-refractivity contribution in [3.05, 3.63) is 53.7 Å². The molecule has 0 aliphatic heterocycles. The Labute approximate surface area is 97.7 Å². The van der Waals surface area contributed by atoms with Crippen LogP contribution < -0.4 is 4.74 Å². The van der Waals surface area contributed by atoms with Crippen LogP contribution in [0.4, 0.5) is 4.39 Å². The molecule has 88 valence electrons. The molecule has 1 aromatic heterocycles. The lowest BCUT2D eigenvalue weighted by molar-refractivity contribution is 0.207. The van der Waals surface area contributed by atoms with Crippen LogP contribution in [-0.4, -0.2) is 22.2 Å². The van der Waals surface area contributed by atoms with Crippen molar-refractivity contribution < 1.29 is 14.2 Å². The maximum atomic E-state index is 13.0. The number of methoxy groups -OCH3 is 1. The molecule has 1 unspecified atom stereocenters. The Morgan fingerprint density at radius 3 is 2.76 bits per heavy atom. The first-order chi connectivity index (χ1) is 8.22. The van der Waals surface area contributed by atoms with E-state index in [0.29, 0.717) is 5.56 Å². The molecule has 0 radical (unpaired) electrons. The number of hydrogen-bond acceptors (Lipinski definition) is 4. The predicted octanol–water partition coefficient (Wildman–Crippen LogP) is 1.71. The summed E-state index contributed by atoms with van der Waals surface area (Å²) in [6, 6.07) is 5.70. The zero-order chi connectivity index (χ0) is 12.3. The van der Waals surface area contributed by atoms with Gasteiger partial charge in [-0.05, 0) is 17.7 Å². The third-order valence-electron chi connectivity index (χ3n) is 2.31. The number of rotatable bonds is 3. The van der Waals surface area contributed by atoms with Gasteiger partial charge in [-0.2, -0.15) is 0 Å². The highest BCUT2D eigenvalue weighted by Crippen LogP contribution is 2.26. The van der Waals surface area contributed by atoms with E-state index in [1.165, 1.54) is 37.7 Å². The highest BCUT2D eigenvalue weighted by Gasteiger charge is 2.18. The van der Waals surface area contributed by atoms with Gasteiger partial charge >= 0.3 is 0 Å². The summed E-state index contributed by atoms with van der Waals surface area (Å²) in [6.45, 7) is 0. The van der Waals surface area contributed by atoms with Gasteiger partial charge in [0.15, 0.2) is 0 Å². The van der Waals surface area contributed by atoms with Crippen molar-refractivity contribution in [2.45, 2.75) is 6.10 Å². The van der Waals surface area contributed by atoms with E-state index in [9.17, 15) is 9.50 Å². The molecule has 0 fully saturated rings. The number of benzene rings is 1. The Morgan fingerprint density at radius 1 is 1.29 bits per heavy atom. The Bertz CT molecular complexity index is 519. The summed E-state index contributed by atoms with van der Waals surface area (Å²) in [7, 11) is 1.44. The van der Waals surface area contributed by atoms with Crippen LogP contribution >= 0.6 is 0 Å². The van der Waals surface area contributed by atoms with Crippen LogP contribution in [0, 0.1) is 5.82 Å². The fourth-order valence-electron chi connectivity index (χ4n) is 1.52. The van der Waals surface area contributed by atoms with Crippen molar-refractivity contribution in [2.24, 2.45) is 0 Å². The Morgan fingerprint density at radius 2 is 2.06 bits per heavy atom. The molecule has 0 aliphatic carbocycles. The van der Waals surface area contributed by atoms with Gasteiger partial charge in [0.2, 0.25) is 5.88 Å². The first-order valence-electron chi connectivity index (χ1n) is 5.01. The first kappa shape index (κ1) is 11.5. The second-order valence-electron chi connectivity index (χ2n) is 3.41. The first-order valence-corrected chi connectivity index (χ1v) is 5.01. The summed E-state index contributed by atoms with van der Waals surface area (Å²) in [5.74, 6) is -0.186. The molecule has 0 spiro atoms. The fraction of sp³-hybridized carbons (Fsp3) is 0.167. The molecule has 1 aromatic carbocycles. The summed E-state index contributed by atoms with van der Waals surface area (Å²) in [6.07, 6.45) is 1.84. The van der Waals surface area contributed by atoms with Crippen molar-refractivity contribution in [1.29, 1.82) is 0 Å². The van der Waals surface area contributed by atoms with E-state index < -0.39 is 11.9 Å². The van der Waals surface area contributed by atoms with Gasteiger partial charge in [0.05, 0.1) is 7.11 Å². The molecule has 2 aromatic rings. The number of hydrogen-bond donors (Lipinski definition) is 1. The van der Waals surface area contributed by atoms with Crippen LogP contribution in [0.15, 0.2) is 36.7 Å². The molecule has 1 heterocycles. The maximum absolute atomic E-state index is 13.0. The SMILES string of the molecule is COc1nccnc1C(O)c1cccc(F)c1. The topological polar surface area (TPSA) is 55.2 Å². The summed E-state index contributed by atoms with van der Waals surface area (Å²) < 4.78 is 18.0. The summed E-state index contributed by atoms with van der Waals surface area (Å²) in [4.78, 5) is 7.92. The molecule has 2 rings (SSSR count). The van der Waals surface area contributed by atoms with E-state index in [0.717, 1.165) is 0 Å². The minimum absolute atomic E-state index is 0.226. The predicted molar refractivity (Wildman–Crippen MR) is 59.0 cm³/mol. The smallest absolute Gasteiger partial charge is 0.238 e. The Balaban J connectivity index is 2.40. The van der Waals surface area contributed by atoms with Crippen molar-refractivity contribution in [1.82, 2.24) is 9.97 Å². The molecule has 0 saturated carbocycles. The van der Waals surface area contributed by atoms with Gasteiger partial charge in [0, 0.05) is 12.4 Å². The summed E-state index contributed by atoms with van der Waals surface area (Å²) in [5.41, 5.74) is 0.671. The lowest BCUT2D eigenvalue weighted by Crippen LogP contribution is -2.06. The lowest BCUT2D eigenvalue weighted by Gasteiger charge is -2.12. The van der Waals surface area contributed by atoms with E-state index in [4.69, 9.17) is 4.74 Å². The molecule has 5 heteroatoms. The van der Waals surface area contributed by atoms with Gasteiger partial charge in [-0.3, -0.25) is 4.98 Å².